The number of amides is 1. The largest absolute Gasteiger partial charge is 0.436 e. The van der Waals surface area contributed by atoms with E-state index in [0.29, 0.717) is 22.7 Å². The van der Waals surface area contributed by atoms with Crippen LogP contribution in [0.1, 0.15) is 18.1 Å². The third-order valence-electron chi connectivity index (χ3n) is 5.75. The van der Waals surface area contributed by atoms with Gasteiger partial charge in [0.25, 0.3) is 0 Å². The fourth-order valence-electron chi connectivity index (χ4n) is 3.89. The molecule has 5 nitrogen and oxygen atoms in total. The molecule has 3 aromatic carbocycles. The van der Waals surface area contributed by atoms with Gasteiger partial charge < -0.3 is 9.73 Å². The molecular weight excluding hydrogens is 478 g/mol. The summed E-state index contributed by atoms with van der Waals surface area (Å²) in [6, 6.07) is 27.0. The van der Waals surface area contributed by atoms with Crippen molar-refractivity contribution in [2.75, 3.05) is 5.32 Å². The second-order valence-corrected chi connectivity index (χ2v) is 8.82. The summed E-state index contributed by atoms with van der Waals surface area (Å²) in [5.41, 5.74) is 3.68. The van der Waals surface area contributed by atoms with Gasteiger partial charge in [-0.15, -0.1) is 0 Å². The minimum Gasteiger partial charge on any atom is -0.436 e. The van der Waals surface area contributed by atoms with Crippen molar-refractivity contribution in [1.29, 1.82) is 0 Å². The van der Waals surface area contributed by atoms with Crippen LogP contribution in [0.15, 0.2) is 106 Å². The fourth-order valence-corrected chi connectivity index (χ4v) is 4.25. The lowest BCUT2D eigenvalue weighted by molar-refractivity contribution is -0.119. The van der Waals surface area contributed by atoms with Gasteiger partial charge in [-0.2, -0.15) is 0 Å². The number of hydrogen-bond donors (Lipinski definition) is 1. The highest BCUT2D eigenvalue weighted by atomic mass is 79.9. The highest BCUT2D eigenvalue weighted by Crippen LogP contribution is 2.34. The van der Waals surface area contributed by atoms with E-state index in [0.717, 1.165) is 21.2 Å². The zero-order valence-electron chi connectivity index (χ0n) is 17.8. The van der Waals surface area contributed by atoms with Gasteiger partial charge in [-0.1, -0.05) is 60.7 Å². The quantitative estimate of drug-likeness (QED) is 0.297. The molecule has 0 atom stereocenters. The lowest BCUT2D eigenvalue weighted by Crippen LogP contribution is -2.38. The van der Waals surface area contributed by atoms with Gasteiger partial charge >= 0.3 is 0 Å². The molecule has 0 radical (unpaired) electrons. The molecular formula is C27H20BrN3O2. The molecule has 0 aliphatic carbocycles. The van der Waals surface area contributed by atoms with E-state index < -0.39 is 5.41 Å². The zero-order valence-corrected chi connectivity index (χ0v) is 19.4. The summed E-state index contributed by atoms with van der Waals surface area (Å²) >= 11 is 3.42. The maximum Gasteiger partial charge on any atom is 0.239 e. The number of nitrogens with one attached hydrogen (secondary N) is 1. The average molecular weight is 498 g/mol. The number of anilines is 1. The van der Waals surface area contributed by atoms with Gasteiger partial charge in [-0.05, 0) is 58.2 Å². The van der Waals surface area contributed by atoms with Crippen molar-refractivity contribution < 1.29 is 9.21 Å². The van der Waals surface area contributed by atoms with E-state index >= 15 is 0 Å². The molecule has 1 amide bonds. The number of carbonyl (C=O) groups is 1. The fraction of sp³-hybridized carbons (Fsp3) is 0.0741. The number of rotatable bonds is 5. The summed E-state index contributed by atoms with van der Waals surface area (Å²) in [4.78, 5) is 22.4. The highest BCUT2D eigenvalue weighted by molar-refractivity contribution is 9.10. The molecule has 5 aromatic rings. The monoisotopic (exact) mass is 497 g/mol. The lowest BCUT2D eigenvalue weighted by Gasteiger charge is -2.29. The van der Waals surface area contributed by atoms with Crippen LogP contribution in [0.3, 0.4) is 0 Å². The Morgan fingerprint density at radius 1 is 0.909 bits per heavy atom. The van der Waals surface area contributed by atoms with Crippen molar-refractivity contribution in [3.8, 4) is 11.5 Å². The number of halogens is 1. The molecule has 5 rings (SSSR count). The molecule has 0 aliphatic rings. The van der Waals surface area contributed by atoms with Gasteiger partial charge in [-0.3, -0.25) is 9.78 Å². The van der Waals surface area contributed by atoms with Crippen molar-refractivity contribution in [3.63, 3.8) is 0 Å². The Bertz CT molecular complexity index is 1390. The van der Waals surface area contributed by atoms with E-state index in [1.165, 1.54) is 0 Å². The summed E-state index contributed by atoms with van der Waals surface area (Å²) in [5, 5.41) is 3.09. The summed E-state index contributed by atoms with van der Waals surface area (Å²) < 4.78 is 6.73. The van der Waals surface area contributed by atoms with E-state index in [4.69, 9.17) is 4.42 Å². The number of pyridine rings is 1. The topological polar surface area (TPSA) is 68.0 Å². The first-order valence-electron chi connectivity index (χ1n) is 10.5. The summed E-state index contributed by atoms with van der Waals surface area (Å²) in [5.74, 6) is 0.347. The molecule has 0 unspecified atom stereocenters. The number of aromatic nitrogens is 2. The van der Waals surface area contributed by atoms with Crippen LogP contribution in [0.25, 0.3) is 22.6 Å². The number of fused-ring (bicyclic) bond motifs is 1. The standard InChI is InChI=1S/C27H20BrN3O2/c1-27(19-8-4-2-5-9-19,20-10-6-3-7-11-20)26(32)30-22-12-13-24-23(15-22)31-25(33-24)18-14-21(28)17-29-16-18/h2-17H,1H3,(H,30,32). The van der Waals surface area contributed by atoms with E-state index in [1.54, 1.807) is 12.4 Å². The van der Waals surface area contributed by atoms with Gasteiger partial charge in [-0.25, -0.2) is 4.98 Å². The average Bonchev–Trinajstić information content (AvgIpc) is 3.28. The molecule has 0 saturated heterocycles. The Kier molecular flexibility index (Phi) is 5.52. The number of hydrogen-bond acceptors (Lipinski definition) is 4. The number of carbonyl (C=O) groups excluding carboxylic acids is 1. The minimum atomic E-state index is -0.867. The lowest BCUT2D eigenvalue weighted by atomic mass is 9.75. The van der Waals surface area contributed by atoms with Crippen LogP contribution in [0.5, 0.6) is 0 Å². The van der Waals surface area contributed by atoms with Crippen LogP contribution in [0.2, 0.25) is 0 Å². The summed E-state index contributed by atoms with van der Waals surface area (Å²) in [6.07, 6.45) is 3.40. The predicted molar refractivity (Wildman–Crippen MR) is 133 cm³/mol. The molecule has 2 aromatic heterocycles. The second kappa shape index (κ2) is 8.64. The summed E-state index contributed by atoms with van der Waals surface area (Å²) in [6.45, 7) is 1.94. The van der Waals surface area contributed by atoms with Gasteiger partial charge in [0.1, 0.15) is 5.52 Å². The van der Waals surface area contributed by atoms with Crippen molar-refractivity contribution in [2.24, 2.45) is 0 Å². The van der Waals surface area contributed by atoms with Crippen molar-refractivity contribution in [3.05, 3.63) is 113 Å². The normalized spacial score (nSPS) is 11.5. The number of benzene rings is 3. The van der Waals surface area contributed by atoms with Crippen LogP contribution >= 0.6 is 15.9 Å². The zero-order chi connectivity index (χ0) is 22.8. The molecule has 0 spiro atoms. The molecule has 162 valence electrons. The Labute approximate surface area is 199 Å². The number of oxazole rings is 1. The van der Waals surface area contributed by atoms with Gasteiger partial charge in [0.05, 0.1) is 11.0 Å². The smallest absolute Gasteiger partial charge is 0.239 e. The molecule has 0 bridgehead atoms. The first-order chi connectivity index (χ1) is 16.0. The minimum absolute atomic E-state index is 0.126. The first-order valence-corrected chi connectivity index (χ1v) is 11.3. The van der Waals surface area contributed by atoms with Gasteiger partial charge in [0.15, 0.2) is 5.58 Å². The molecule has 0 saturated carbocycles. The number of nitrogens with zero attached hydrogens (tertiary/aromatic N) is 2. The highest BCUT2D eigenvalue weighted by Gasteiger charge is 2.37. The predicted octanol–water partition coefficient (Wildman–Crippen LogP) is 6.60. The van der Waals surface area contributed by atoms with Gasteiger partial charge in [0, 0.05) is 22.6 Å². The van der Waals surface area contributed by atoms with Crippen LogP contribution in [0, 0.1) is 0 Å². The van der Waals surface area contributed by atoms with E-state index in [-0.39, 0.29) is 5.91 Å². The van der Waals surface area contributed by atoms with E-state index in [9.17, 15) is 4.79 Å². The van der Waals surface area contributed by atoms with Crippen LogP contribution < -0.4 is 5.32 Å². The maximum absolute atomic E-state index is 13.7. The van der Waals surface area contributed by atoms with E-state index in [2.05, 4.69) is 31.2 Å². The van der Waals surface area contributed by atoms with E-state index in [1.807, 2.05) is 91.9 Å². The Morgan fingerprint density at radius 2 is 1.58 bits per heavy atom. The molecule has 0 aliphatic heterocycles. The summed E-state index contributed by atoms with van der Waals surface area (Å²) in [7, 11) is 0. The maximum atomic E-state index is 13.7. The molecule has 1 N–H and O–H groups in total. The Hall–Kier alpha value is -3.77. The second-order valence-electron chi connectivity index (χ2n) is 7.90. The van der Waals surface area contributed by atoms with Crippen molar-refractivity contribution in [1.82, 2.24) is 9.97 Å². The van der Waals surface area contributed by atoms with Crippen LogP contribution in [0.4, 0.5) is 5.69 Å². The third-order valence-corrected chi connectivity index (χ3v) is 6.19. The molecule has 2 heterocycles. The Morgan fingerprint density at radius 3 is 2.21 bits per heavy atom. The molecule has 6 heteroatoms. The van der Waals surface area contributed by atoms with Gasteiger partial charge in [0.2, 0.25) is 11.8 Å². The van der Waals surface area contributed by atoms with Crippen LogP contribution in [-0.4, -0.2) is 15.9 Å². The first kappa shape index (κ1) is 21.1. The van der Waals surface area contributed by atoms with Crippen LogP contribution in [-0.2, 0) is 10.2 Å². The molecule has 0 fully saturated rings. The SMILES string of the molecule is CC(C(=O)Nc1ccc2oc(-c3cncc(Br)c3)nc2c1)(c1ccccc1)c1ccccc1. The third kappa shape index (κ3) is 4.05. The van der Waals surface area contributed by atoms with Crippen molar-refractivity contribution in [2.45, 2.75) is 12.3 Å². The molecule has 33 heavy (non-hydrogen) atoms. The van der Waals surface area contributed by atoms with Crippen molar-refractivity contribution >= 4 is 38.6 Å². The Balaban J connectivity index is 1.49.